The summed E-state index contributed by atoms with van der Waals surface area (Å²) in [5.74, 6) is 0.766. The summed E-state index contributed by atoms with van der Waals surface area (Å²) >= 11 is 0. The average Bonchev–Trinajstić information content (AvgIpc) is 2.37. The Morgan fingerprint density at radius 3 is 2.56 bits per heavy atom. The molecule has 92 valence electrons. The summed E-state index contributed by atoms with van der Waals surface area (Å²) in [6.45, 7) is 8.25. The summed E-state index contributed by atoms with van der Waals surface area (Å²) in [6, 6.07) is 0. The maximum Gasteiger partial charge on any atom is 0.0774 e. The van der Waals surface area contributed by atoms with Crippen molar-refractivity contribution in [2.45, 2.75) is 58.7 Å². The molecule has 2 aliphatic rings. The molecule has 0 bridgehead atoms. The van der Waals surface area contributed by atoms with E-state index in [2.05, 4.69) is 20.8 Å². The van der Waals surface area contributed by atoms with Gasteiger partial charge >= 0.3 is 0 Å². The molecule has 0 unspecified atom stereocenters. The molecule has 0 amide bonds. The highest BCUT2D eigenvalue weighted by molar-refractivity contribution is 5.18. The Balaban J connectivity index is 2.37. The number of hydrogen-bond donors (Lipinski definition) is 2. The van der Waals surface area contributed by atoms with Crippen molar-refractivity contribution in [3.8, 4) is 0 Å². The number of rotatable bonds is 0. The van der Waals surface area contributed by atoms with Crippen LogP contribution in [0.25, 0.3) is 0 Å². The first-order valence-electron chi connectivity index (χ1n) is 6.33. The van der Waals surface area contributed by atoms with E-state index in [9.17, 15) is 10.2 Å². The standard InChI is InChI=1S/C14H24O2/c1-9-7-12(15)13(2,3)8-11-10(9)5-6-14(11,4)16/h7,10-12,15-16H,5-6,8H2,1-4H3/t10-,11-,12-,14+/m0/s1. The van der Waals surface area contributed by atoms with E-state index < -0.39 is 5.60 Å². The van der Waals surface area contributed by atoms with Crippen molar-refractivity contribution in [3.63, 3.8) is 0 Å². The number of hydrogen-bond acceptors (Lipinski definition) is 2. The fourth-order valence-corrected chi connectivity index (χ4v) is 3.46. The highest BCUT2D eigenvalue weighted by atomic mass is 16.3. The van der Waals surface area contributed by atoms with Gasteiger partial charge in [-0.1, -0.05) is 25.5 Å². The maximum atomic E-state index is 10.4. The molecule has 0 saturated heterocycles. The fourth-order valence-electron chi connectivity index (χ4n) is 3.46. The molecule has 0 aromatic carbocycles. The van der Waals surface area contributed by atoms with E-state index in [4.69, 9.17) is 0 Å². The third-order valence-corrected chi connectivity index (χ3v) is 4.80. The number of allylic oxidation sites excluding steroid dienone is 1. The highest BCUT2D eigenvalue weighted by Gasteiger charge is 2.49. The van der Waals surface area contributed by atoms with Crippen molar-refractivity contribution in [2.24, 2.45) is 17.3 Å². The average molecular weight is 224 g/mol. The van der Waals surface area contributed by atoms with Crippen LogP contribution in [0.5, 0.6) is 0 Å². The Labute approximate surface area is 98.4 Å². The normalized spacial score (nSPS) is 47.1. The van der Waals surface area contributed by atoms with Gasteiger partial charge < -0.3 is 10.2 Å². The van der Waals surface area contributed by atoms with E-state index in [1.807, 2.05) is 13.0 Å². The van der Waals surface area contributed by atoms with Crippen LogP contribution in [0.2, 0.25) is 0 Å². The molecule has 2 rings (SSSR count). The monoisotopic (exact) mass is 224 g/mol. The van der Waals surface area contributed by atoms with Gasteiger partial charge in [-0.3, -0.25) is 0 Å². The largest absolute Gasteiger partial charge is 0.390 e. The van der Waals surface area contributed by atoms with Crippen LogP contribution in [-0.4, -0.2) is 21.9 Å². The Morgan fingerprint density at radius 1 is 1.31 bits per heavy atom. The molecule has 2 N–H and O–H groups in total. The lowest BCUT2D eigenvalue weighted by Crippen LogP contribution is -2.37. The van der Waals surface area contributed by atoms with Crippen LogP contribution in [0.3, 0.4) is 0 Å². The van der Waals surface area contributed by atoms with E-state index in [0.717, 1.165) is 19.3 Å². The molecule has 1 saturated carbocycles. The molecule has 2 aliphatic carbocycles. The van der Waals surface area contributed by atoms with E-state index in [1.165, 1.54) is 5.57 Å². The molecule has 2 nitrogen and oxygen atoms in total. The Morgan fingerprint density at radius 2 is 1.94 bits per heavy atom. The fraction of sp³-hybridized carbons (Fsp3) is 0.857. The lowest BCUT2D eigenvalue weighted by molar-refractivity contribution is -0.0190. The molecular weight excluding hydrogens is 200 g/mol. The summed E-state index contributed by atoms with van der Waals surface area (Å²) in [5.41, 5.74) is 0.580. The third-order valence-electron chi connectivity index (χ3n) is 4.80. The topological polar surface area (TPSA) is 40.5 Å². The van der Waals surface area contributed by atoms with Gasteiger partial charge in [-0.05, 0) is 50.4 Å². The van der Waals surface area contributed by atoms with Crippen molar-refractivity contribution < 1.29 is 10.2 Å². The van der Waals surface area contributed by atoms with E-state index in [0.29, 0.717) is 11.8 Å². The zero-order valence-corrected chi connectivity index (χ0v) is 10.8. The lowest BCUT2D eigenvalue weighted by Gasteiger charge is -2.35. The second-order valence-electron chi connectivity index (χ2n) is 6.66. The maximum absolute atomic E-state index is 10.4. The predicted octanol–water partition coefficient (Wildman–Crippen LogP) is 2.50. The van der Waals surface area contributed by atoms with Crippen LogP contribution in [0, 0.1) is 17.3 Å². The van der Waals surface area contributed by atoms with E-state index in [-0.39, 0.29) is 11.5 Å². The molecule has 16 heavy (non-hydrogen) atoms. The van der Waals surface area contributed by atoms with Gasteiger partial charge in [-0.25, -0.2) is 0 Å². The van der Waals surface area contributed by atoms with Gasteiger partial charge in [0.1, 0.15) is 0 Å². The number of aliphatic hydroxyl groups excluding tert-OH is 1. The van der Waals surface area contributed by atoms with Crippen LogP contribution in [0.4, 0.5) is 0 Å². The number of fused-ring (bicyclic) bond motifs is 1. The van der Waals surface area contributed by atoms with Crippen molar-refractivity contribution >= 4 is 0 Å². The second kappa shape index (κ2) is 3.58. The molecule has 1 fully saturated rings. The van der Waals surface area contributed by atoms with Gasteiger partial charge in [0.15, 0.2) is 0 Å². The summed E-state index contributed by atoms with van der Waals surface area (Å²) in [7, 11) is 0. The van der Waals surface area contributed by atoms with Gasteiger partial charge in [0, 0.05) is 0 Å². The first-order valence-corrected chi connectivity index (χ1v) is 6.33. The molecule has 2 heteroatoms. The van der Waals surface area contributed by atoms with Crippen molar-refractivity contribution in [1.82, 2.24) is 0 Å². The quantitative estimate of drug-likeness (QED) is 0.621. The van der Waals surface area contributed by atoms with Gasteiger partial charge in [0.2, 0.25) is 0 Å². The van der Waals surface area contributed by atoms with Gasteiger partial charge in [-0.2, -0.15) is 0 Å². The van der Waals surface area contributed by atoms with Gasteiger partial charge in [0.05, 0.1) is 11.7 Å². The highest BCUT2D eigenvalue weighted by Crippen LogP contribution is 2.51. The molecule has 0 aromatic rings. The van der Waals surface area contributed by atoms with Crippen LogP contribution in [0.15, 0.2) is 11.6 Å². The van der Waals surface area contributed by atoms with Crippen molar-refractivity contribution in [2.75, 3.05) is 0 Å². The molecular formula is C14H24O2. The summed E-state index contributed by atoms with van der Waals surface area (Å²) in [6.07, 6.45) is 4.47. The molecule has 0 aliphatic heterocycles. The molecule has 0 radical (unpaired) electrons. The molecule has 0 spiro atoms. The first kappa shape index (κ1) is 12.1. The molecule has 0 heterocycles. The summed E-state index contributed by atoms with van der Waals surface area (Å²) in [4.78, 5) is 0. The lowest BCUT2D eigenvalue weighted by atomic mass is 9.73. The summed E-state index contributed by atoms with van der Waals surface area (Å²) in [5, 5.41) is 20.6. The molecule has 0 aromatic heterocycles. The first-order chi connectivity index (χ1) is 7.24. The minimum absolute atomic E-state index is 0.130. The Hall–Kier alpha value is -0.340. The van der Waals surface area contributed by atoms with Gasteiger partial charge in [-0.15, -0.1) is 0 Å². The van der Waals surface area contributed by atoms with Crippen LogP contribution in [0.1, 0.15) is 47.0 Å². The Kier molecular flexibility index (Phi) is 2.71. The zero-order valence-electron chi connectivity index (χ0n) is 10.8. The van der Waals surface area contributed by atoms with E-state index >= 15 is 0 Å². The van der Waals surface area contributed by atoms with Crippen molar-refractivity contribution in [3.05, 3.63) is 11.6 Å². The van der Waals surface area contributed by atoms with E-state index in [1.54, 1.807) is 0 Å². The smallest absolute Gasteiger partial charge is 0.0774 e. The minimum Gasteiger partial charge on any atom is -0.390 e. The predicted molar refractivity (Wildman–Crippen MR) is 65.0 cm³/mol. The second-order valence-corrected chi connectivity index (χ2v) is 6.66. The third kappa shape index (κ3) is 1.82. The molecule has 4 atom stereocenters. The number of aliphatic hydroxyl groups is 2. The van der Waals surface area contributed by atoms with Crippen LogP contribution >= 0.6 is 0 Å². The minimum atomic E-state index is -0.554. The SMILES string of the molecule is CC1=C[C@H](O)C(C)(C)C[C@H]2[C@H]1CC[C@@]2(C)O. The van der Waals surface area contributed by atoms with Crippen molar-refractivity contribution in [1.29, 1.82) is 0 Å². The zero-order chi connectivity index (χ0) is 12.1. The Bertz CT molecular complexity index is 315. The van der Waals surface area contributed by atoms with Gasteiger partial charge in [0.25, 0.3) is 0 Å². The van der Waals surface area contributed by atoms with Crippen LogP contribution < -0.4 is 0 Å². The van der Waals surface area contributed by atoms with Crippen LogP contribution in [-0.2, 0) is 0 Å². The summed E-state index contributed by atoms with van der Waals surface area (Å²) < 4.78 is 0.